The number of ketones is 1. The second kappa shape index (κ2) is 8.62. The third-order valence-electron chi connectivity index (χ3n) is 5.78. The Morgan fingerprint density at radius 1 is 1.19 bits per heavy atom. The molecule has 146 valence electrons. The van der Waals surface area contributed by atoms with Crippen LogP contribution >= 0.6 is 39.7 Å². The number of thiophene rings is 1. The van der Waals surface area contributed by atoms with E-state index in [9.17, 15) is 9.90 Å². The molecule has 2 heterocycles. The molecule has 0 radical (unpaired) electrons. The number of carbonyl (C=O) groups is 1. The van der Waals surface area contributed by atoms with Crippen molar-refractivity contribution in [1.29, 1.82) is 0 Å². The van der Waals surface area contributed by atoms with E-state index in [-0.39, 0.29) is 36.3 Å². The van der Waals surface area contributed by atoms with Crippen LogP contribution in [0.2, 0.25) is 0 Å². The maximum Gasteiger partial charge on any atom is 0.175 e. The van der Waals surface area contributed by atoms with Crippen LogP contribution in [0, 0.1) is 5.92 Å². The van der Waals surface area contributed by atoms with Crippen molar-refractivity contribution in [2.45, 2.75) is 37.8 Å². The van der Waals surface area contributed by atoms with E-state index in [1.54, 1.807) is 0 Å². The van der Waals surface area contributed by atoms with Gasteiger partial charge in [0.2, 0.25) is 0 Å². The fourth-order valence-electron chi connectivity index (χ4n) is 4.31. The minimum Gasteiger partial charge on any atom is -0.398 e. The maximum absolute atomic E-state index is 12.7. The van der Waals surface area contributed by atoms with Gasteiger partial charge in [0, 0.05) is 24.1 Å². The summed E-state index contributed by atoms with van der Waals surface area (Å²) in [7, 11) is 0. The molecule has 2 atom stereocenters. The number of hydrogen-bond donors (Lipinski definition) is 2. The van der Waals surface area contributed by atoms with Crippen molar-refractivity contribution in [3.05, 3.63) is 50.1 Å². The molecule has 0 saturated carbocycles. The van der Waals surface area contributed by atoms with Crippen molar-refractivity contribution < 1.29 is 9.90 Å². The smallest absolute Gasteiger partial charge is 0.175 e. The molecule has 0 spiro atoms. The van der Waals surface area contributed by atoms with E-state index >= 15 is 0 Å². The molecular formula is C20H24BrClN2O2S. The minimum atomic E-state index is -0.371. The number of nitrogen functional groups attached to an aromatic ring is 1. The third kappa shape index (κ3) is 4.25. The van der Waals surface area contributed by atoms with Gasteiger partial charge in [0.25, 0.3) is 0 Å². The Balaban J connectivity index is 0.00000210. The minimum absolute atomic E-state index is 0. The lowest BCUT2D eigenvalue weighted by Crippen LogP contribution is -2.51. The van der Waals surface area contributed by atoms with Crippen LogP contribution in [-0.2, 0) is 12.8 Å². The highest BCUT2D eigenvalue weighted by atomic mass is 79.9. The first-order valence-corrected chi connectivity index (χ1v) is 10.7. The van der Waals surface area contributed by atoms with Crippen molar-refractivity contribution in [3.63, 3.8) is 0 Å². The number of nitrogens with zero attached hydrogens (tertiary/aromatic N) is 1. The topological polar surface area (TPSA) is 66.6 Å². The first-order valence-electron chi connectivity index (χ1n) is 9.11. The molecule has 4 nitrogen and oxygen atoms in total. The lowest BCUT2D eigenvalue weighted by atomic mass is 9.82. The van der Waals surface area contributed by atoms with E-state index in [1.165, 1.54) is 22.5 Å². The van der Waals surface area contributed by atoms with Gasteiger partial charge in [-0.15, -0.1) is 23.7 Å². The summed E-state index contributed by atoms with van der Waals surface area (Å²) in [6.45, 7) is 1.71. The van der Waals surface area contributed by atoms with Gasteiger partial charge in [-0.05, 0) is 77.6 Å². The number of aliphatic hydroxyl groups is 1. The van der Waals surface area contributed by atoms with Crippen LogP contribution in [0.3, 0.4) is 0 Å². The molecule has 7 heteroatoms. The van der Waals surface area contributed by atoms with Gasteiger partial charge in [-0.3, -0.25) is 9.69 Å². The number of carbonyl (C=O) groups excluding carboxylic acids is 1. The van der Waals surface area contributed by atoms with E-state index in [0.29, 0.717) is 6.42 Å². The summed E-state index contributed by atoms with van der Waals surface area (Å²) in [6, 6.07) is 9.91. The molecular weight excluding hydrogens is 448 g/mol. The van der Waals surface area contributed by atoms with E-state index in [4.69, 9.17) is 5.73 Å². The predicted molar refractivity (Wildman–Crippen MR) is 116 cm³/mol. The third-order valence-corrected chi connectivity index (χ3v) is 7.42. The molecule has 2 aromatic rings. The van der Waals surface area contributed by atoms with Gasteiger partial charge in [0.15, 0.2) is 5.78 Å². The van der Waals surface area contributed by atoms with Crippen LogP contribution in [0.4, 0.5) is 5.69 Å². The number of aliphatic hydroxyl groups excluding tert-OH is 1. The van der Waals surface area contributed by atoms with Crippen LogP contribution < -0.4 is 5.73 Å². The predicted octanol–water partition coefficient (Wildman–Crippen LogP) is 3.94. The van der Waals surface area contributed by atoms with Crippen LogP contribution in [0.25, 0.3) is 0 Å². The normalized spacial score (nSPS) is 23.5. The van der Waals surface area contributed by atoms with Crippen molar-refractivity contribution in [2.75, 3.05) is 18.8 Å². The molecule has 0 bridgehead atoms. The Morgan fingerprint density at radius 3 is 2.59 bits per heavy atom. The number of likely N-dealkylation sites (tertiary alicyclic amines) is 1. The Hall–Kier alpha value is -0.920. The first kappa shape index (κ1) is 20.8. The zero-order valence-electron chi connectivity index (χ0n) is 14.9. The lowest BCUT2D eigenvalue weighted by molar-refractivity contribution is 0.0241. The van der Waals surface area contributed by atoms with E-state index in [2.05, 4.69) is 26.9 Å². The van der Waals surface area contributed by atoms with E-state index in [0.717, 1.165) is 46.7 Å². The molecule has 1 fully saturated rings. The quantitative estimate of drug-likeness (QED) is 0.526. The fraction of sp³-hybridized carbons (Fsp3) is 0.450. The van der Waals surface area contributed by atoms with Gasteiger partial charge < -0.3 is 10.8 Å². The van der Waals surface area contributed by atoms with Crippen molar-refractivity contribution in [2.24, 2.45) is 5.92 Å². The number of piperidine rings is 1. The van der Waals surface area contributed by atoms with E-state index in [1.807, 2.05) is 24.3 Å². The van der Waals surface area contributed by atoms with Gasteiger partial charge in [0.05, 0.1) is 14.8 Å². The standard InChI is InChI=1S/C20H23BrN2O2S.ClH/c21-19-5-4-18(26-19)20(25)12-6-8-23(9-7-12)16-11-14-13(10-17(16)24)2-1-3-15(14)22;/h1-5,12,16-17,24H,6-11,22H2;1H/t16-,17-;/m1./s1. The Labute approximate surface area is 178 Å². The molecule has 1 aromatic carbocycles. The molecule has 1 aliphatic carbocycles. The Kier molecular flexibility index (Phi) is 6.64. The fourth-order valence-corrected chi connectivity index (χ4v) is 5.72. The monoisotopic (exact) mass is 470 g/mol. The summed E-state index contributed by atoms with van der Waals surface area (Å²) in [5, 5.41) is 10.7. The van der Waals surface area contributed by atoms with Gasteiger partial charge in [-0.25, -0.2) is 0 Å². The first-order chi connectivity index (χ1) is 12.5. The number of rotatable bonds is 3. The molecule has 1 aromatic heterocycles. The number of benzene rings is 1. The molecule has 27 heavy (non-hydrogen) atoms. The van der Waals surface area contributed by atoms with Crippen LogP contribution in [0.1, 0.15) is 33.6 Å². The summed E-state index contributed by atoms with van der Waals surface area (Å²) in [4.78, 5) is 15.9. The van der Waals surface area contributed by atoms with Crippen molar-refractivity contribution in [1.82, 2.24) is 4.90 Å². The second-order valence-corrected chi connectivity index (χ2v) is 9.77. The Morgan fingerprint density at radius 2 is 1.93 bits per heavy atom. The average molecular weight is 472 g/mol. The summed E-state index contributed by atoms with van der Waals surface area (Å²) in [6.07, 6.45) is 2.79. The van der Waals surface area contributed by atoms with Crippen LogP contribution in [0.15, 0.2) is 34.1 Å². The van der Waals surface area contributed by atoms with Crippen LogP contribution in [-0.4, -0.2) is 41.0 Å². The molecule has 1 aliphatic heterocycles. The number of fused-ring (bicyclic) bond motifs is 1. The van der Waals surface area contributed by atoms with Crippen molar-refractivity contribution >= 4 is 51.1 Å². The largest absolute Gasteiger partial charge is 0.398 e. The molecule has 1 saturated heterocycles. The molecule has 3 N–H and O–H groups in total. The highest BCUT2D eigenvalue weighted by molar-refractivity contribution is 9.11. The van der Waals surface area contributed by atoms with E-state index < -0.39 is 0 Å². The molecule has 0 amide bonds. The summed E-state index contributed by atoms with van der Waals surface area (Å²) in [5.41, 5.74) is 9.34. The van der Waals surface area contributed by atoms with Gasteiger partial charge in [-0.1, -0.05) is 12.1 Å². The molecule has 0 unspecified atom stereocenters. The summed E-state index contributed by atoms with van der Waals surface area (Å²) >= 11 is 4.94. The summed E-state index contributed by atoms with van der Waals surface area (Å²) < 4.78 is 1.000. The zero-order chi connectivity index (χ0) is 18.3. The summed E-state index contributed by atoms with van der Waals surface area (Å²) in [5.74, 6) is 0.356. The molecule has 2 aliphatic rings. The SMILES string of the molecule is Cl.Nc1cccc2c1C[C@@H](N1CCC(C(=O)c3ccc(Br)s3)CC1)[C@H](O)C2. The van der Waals surface area contributed by atoms with Gasteiger partial charge in [-0.2, -0.15) is 0 Å². The number of hydrogen-bond acceptors (Lipinski definition) is 5. The highest BCUT2D eigenvalue weighted by Crippen LogP contribution is 2.33. The number of Topliss-reactive ketones (excluding diaryl/α,β-unsaturated/α-hetero) is 1. The molecule has 4 rings (SSSR count). The van der Waals surface area contributed by atoms with Crippen LogP contribution in [0.5, 0.6) is 0 Å². The highest BCUT2D eigenvalue weighted by Gasteiger charge is 2.35. The lowest BCUT2D eigenvalue weighted by Gasteiger charge is -2.42. The van der Waals surface area contributed by atoms with Gasteiger partial charge >= 0.3 is 0 Å². The average Bonchev–Trinajstić information content (AvgIpc) is 3.07. The number of anilines is 1. The van der Waals surface area contributed by atoms with Crippen molar-refractivity contribution in [3.8, 4) is 0 Å². The Bertz CT molecular complexity index is 820. The number of halogens is 2. The maximum atomic E-state index is 12.7. The second-order valence-electron chi connectivity index (χ2n) is 7.31. The zero-order valence-corrected chi connectivity index (χ0v) is 18.2. The van der Waals surface area contributed by atoms with Gasteiger partial charge in [0.1, 0.15) is 0 Å². The number of nitrogens with two attached hydrogens (primary N) is 1.